The SMILES string of the molecule is CCCN(c1ccccc1F)[C@H](C)C(=O)O. The van der Waals surface area contributed by atoms with Crippen molar-refractivity contribution in [2.45, 2.75) is 26.3 Å². The first-order valence-electron chi connectivity index (χ1n) is 5.32. The van der Waals surface area contributed by atoms with Crippen LogP contribution in [0.25, 0.3) is 0 Å². The molecule has 0 heterocycles. The van der Waals surface area contributed by atoms with Crippen LogP contribution in [-0.2, 0) is 4.79 Å². The smallest absolute Gasteiger partial charge is 0.326 e. The van der Waals surface area contributed by atoms with Crippen molar-refractivity contribution in [3.05, 3.63) is 30.1 Å². The fraction of sp³-hybridized carbons (Fsp3) is 0.417. The predicted octanol–water partition coefficient (Wildman–Crippen LogP) is 2.52. The van der Waals surface area contributed by atoms with Gasteiger partial charge in [0.15, 0.2) is 0 Å². The summed E-state index contributed by atoms with van der Waals surface area (Å²) in [5.74, 6) is -1.33. The molecule has 3 nitrogen and oxygen atoms in total. The zero-order valence-electron chi connectivity index (χ0n) is 9.48. The van der Waals surface area contributed by atoms with Crippen molar-refractivity contribution in [3.8, 4) is 0 Å². The molecule has 4 heteroatoms. The van der Waals surface area contributed by atoms with Gasteiger partial charge < -0.3 is 10.0 Å². The second-order valence-electron chi connectivity index (χ2n) is 3.66. The zero-order chi connectivity index (χ0) is 12.1. The number of carboxylic acids is 1. The number of anilines is 1. The Kier molecular flexibility index (Phi) is 4.28. The topological polar surface area (TPSA) is 40.5 Å². The lowest BCUT2D eigenvalue weighted by atomic mass is 10.2. The number of carboxylic acid groups (broad SMARTS) is 1. The molecule has 0 saturated heterocycles. The maximum atomic E-state index is 13.6. The van der Waals surface area contributed by atoms with Crippen LogP contribution in [0.4, 0.5) is 10.1 Å². The number of carbonyl (C=O) groups is 1. The highest BCUT2D eigenvalue weighted by molar-refractivity contribution is 5.77. The standard InChI is InChI=1S/C12H16FNO2/c1-3-8-14(9(2)12(15)16)11-7-5-4-6-10(11)13/h4-7,9H,3,8H2,1-2H3,(H,15,16)/t9-/m1/s1. The number of para-hydroxylation sites is 1. The van der Waals surface area contributed by atoms with Crippen LogP contribution in [0.15, 0.2) is 24.3 Å². The first-order chi connectivity index (χ1) is 7.57. The van der Waals surface area contributed by atoms with E-state index in [0.29, 0.717) is 12.2 Å². The van der Waals surface area contributed by atoms with Crippen molar-refractivity contribution in [1.29, 1.82) is 0 Å². The fourth-order valence-electron chi connectivity index (χ4n) is 1.58. The van der Waals surface area contributed by atoms with Crippen LogP contribution in [0.1, 0.15) is 20.3 Å². The van der Waals surface area contributed by atoms with Crippen LogP contribution in [0, 0.1) is 5.82 Å². The molecule has 0 aromatic heterocycles. The highest BCUT2D eigenvalue weighted by Gasteiger charge is 2.22. The monoisotopic (exact) mass is 225 g/mol. The summed E-state index contributed by atoms with van der Waals surface area (Å²) in [6, 6.07) is 5.51. The molecule has 1 atom stereocenters. The van der Waals surface area contributed by atoms with Gasteiger partial charge in [0.05, 0.1) is 5.69 Å². The number of aliphatic carboxylic acids is 1. The third-order valence-electron chi connectivity index (χ3n) is 2.45. The molecular formula is C12H16FNO2. The van der Waals surface area contributed by atoms with Crippen molar-refractivity contribution >= 4 is 11.7 Å². The number of benzene rings is 1. The molecule has 0 amide bonds. The van der Waals surface area contributed by atoms with Crippen molar-refractivity contribution in [1.82, 2.24) is 0 Å². The molecule has 0 bridgehead atoms. The Balaban J connectivity index is 3.02. The second-order valence-corrected chi connectivity index (χ2v) is 3.66. The quantitative estimate of drug-likeness (QED) is 0.837. The van der Waals surface area contributed by atoms with Gasteiger partial charge in [0, 0.05) is 6.54 Å². The minimum Gasteiger partial charge on any atom is -0.480 e. The first-order valence-corrected chi connectivity index (χ1v) is 5.32. The van der Waals surface area contributed by atoms with Crippen LogP contribution in [0.2, 0.25) is 0 Å². The molecular weight excluding hydrogens is 209 g/mol. The van der Waals surface area contributed by atoms with Crippen molar-refractivity contribution < 1.29 is 14.3 Å². The number of hydrogen-bond acceptors (Lipinski definition) is 2. The lowest BCUT2D eigenvalue weighted by Gasteiger charge is -2.28. The first kappa shape index (κ1) is 12.5. The average Bonchev–Trinajstić information content (AvgIpc) is 2.26. The van der Waals surface area contributed by atoms with E-state index in [4.69, 9.17) is 5.11 Å². The minimum absolute atomic E-state index is 0.347. The molecule has 0 aliphatic heterocycles. The van der Waals surface area contributed by atoms with Crippen LogP contribution >= 0.6 is 0 Å². The van der Waals surface area contributed by atoms with Gasteiger partial charge in [0.1, 0.15) is 11.9 Å². The van der Waals surface area contributed by atoms with Gasteiger partial charge in [-0.05, 0) is 25.5 Å². The summed E-state index contributed by atoms with van der Waals surface area (Å²) in [7, 11) is 0. The van der Waals surface area contributed by atoms with E-state index in [-0.39, 0.29) is 5.82 Å². The van der Waals surface area contributed by atoms with E-state index in [2.05, 4.69) is 0 Å². The van der Waals surface area contributed by atoms with Gasteiger partial charge in [-0.3, -0.25) is 0 Å². The van der Waals surface area contributed by atoms with Crippen molar-refractivity contribution in [2.24, 2.45) is 0 Å². The summed E-state index contributed by atoms with van der Waals surface area (Å²) in [5, 5.41) is 8.97. The van der Waals surface area contributed by atoms with Gasteiger partial charge in [0.2, 0.25) is 0 Å². The normalized spacial score (nSPS) is 12.2. The Morgan fingerprint density at radius 3 is 2.62 bits per heavy atom. The third kappa shape index (κ3) is 2.72. The number of halogens is 1. The molecule has 1 aromatic carbocycles. The third-order valence-corrected chi connectivity index (χ3v) is 2.45. The molecule has 0 aliphatic rings. The summed E-state index contributed by atoms with van der Waals surface area (Å²) in [6.45, 7) is 4.02. The number of rotatable bonds is 5. The molecule has 1 rings (SSSR count). The Hall–Kier alpha value is -1.58. The summed E-state index contributed by atoms with van der Waals surface area (Å²) in [4.78, 5) is 12.5. The Morgan fingerprint density at radius 1 is 1.50 bits per heavy atom. The van der Waals surface area contributed by atoms with Crippen LogP contribution in [-0.4, -0.2) is 23.7 Å². The maximum absolute atomic E-state index is 13.6. The van der Waals surface area contributed by atoms with E-state index in [1.165, 1.54) is 6.07 Å². The predicted molar refractivity (Wildman–Crippen MR) is 61.1 cm³/mol. The summed E-state index contributed by atoms with van der Waals surface area (Å²) >= 11 is 0. The van der Waals surface area contributed by atoms with Crippen LogP contribution in [0.3, 0.4) is 0 Å². The molecule has 0 fully saturated rings. The zero-order valence-corrected chi connectivity index (χ0v) is 9.48. The lowest BCUT2D eigenvalue weighted by Crippen LogP contribution is -2.40. The highest BCUT2D eigenvalue weighted by Crippen LogP contribution is 2.21. The van der Waals surface area contributed by atoms with Crippen LogP contribution in [0.5, 0.6) is 0 Å². The molecule has 88 valence electrons. The molecule has 1 aromatic rings. The fourth-order valence-corrected chi connectivity index (χ4v) is 1.58. The van der Waals surface area contributed by atoms with Gasteiger partial charge in [-0.2, -0.15) is 0 Å². The molecule has 16 heavy (non-hydrogen) atoms. The van der Waals surface area contributed by atoms with Crippen molar-refractivity contribution in [2.75, 3.05) is 11.4 Å². The molecule has 0 spiro atoms. The molecule has 0 aliphatic carbocycles. The summed E-state index contributed by atoms with van der Waals surface area (Å²) in [6.07, 6.45) is 0.770. The van der Waals surface area contributed by atoms with Gasteiger partial charge in [-0.15, -0.1) is 0 Å². The number of hydrogen-bond donors (Lipinski definition) is 1. The Bertz CT molecular complexity index is 368. The van der Waals surface area contributed by atoms with E-state index >= 15 is 0 Å². The molecule has 0 radical (unpaired) electrons. The average molecular weight is 225 g/mol. The largest absolute Gasteiger partial charge is 0.480 e. The molecule has 0 saturated carbocycles. The van der Waals surface area contributed by atoms with Gasteiger partial charge >= 0.3 is 5.97 Å². The van der Waals surface area contributed by atoms with E-state index in [9.17, 15) is 9.18 Å². The van der Waals surface area contributed by atoms with Gasteiger partial charge in [-0.1, -0.05) is 19.1 Å². The second kappa shape index (κ2) is 5.49. The van der Waals surface area contributed by atoms with Gasteiger partial charge in [-0.25, -0.2) is 9.18 Å². The Morgan fingerprint density at radius 2 is 2.12 bits per heavy atom. The van der Waals surface area contributed by atoms with E-state index in [1.807, 2.05) is 6.92 Å². The minimum atomic E-state index is -0.947. The lowest BCUT2D eigenvalue weighted by molar-refractivity contribution is -0.138. The Labute approximate surface area is 94.5 Å². The van der Waals surface area contributed by atoms with Crippen molar-refractivity contribution in [3.63, 3.8) is 0 Å². The van der Waals surface area contributed by atoms with E-state index < -0.39 is 12.0 Å². The van der Waals surface area contributed by atoms with Crippen LogP contribution < -0.4 is 4.90 Å². The van der Waals surface area contributed by atoms with E-state index in [1.54, 1.807) is 30.0 Å². The number of nitrogens with zero attached hydrogens (tertiary/aromatic N) is 1. The summed E-state index contributed by atoms with van der Waals surface area (Å²) in [5.41, 5.74) is 0.347. The summed E-state index contributed by atoms with van der Waals surface area (Å²) < 4.78 is 13.6. The molecule has 0 unspecified atom stereocenters. The molecule has 1 N–H and O–H groups in total. The maximum Gasteiger partial charge on any atom is 0.326 e. The van der Waals surface area contributed by atoms with E-state index in [0.717, 1.165) is 6.42 Å². The highest BCUT2D eigenvalue weighted by atomic mass is 19.1. The van der Waals surface area contributed by atoms with Gasteiger partial charge in [0.25, 0.3) is 0 Å².